The first kappa shape index (κ1) is 12.6. The Morgan fingerprint density at radius 1 is 1.56 bits per heavy atom. The smallest absolute Gasteiger partial charge is 0.186 e. The van der Waals surface area contributed by atoms with Crippen molar-refractivity contribution < 1.29 is 9.90 Å². The number of hydrogen-bond acceptors (Lipinski definition) is 4. The number of carbonyl (C=O) groups is 1. The fourth-order valence-corrected chi connectivity index (χ4v) is 1.44. The van der Waals surface area contributed by atoms with E-state index in [1.54, 1.807) is 18.2 Å². The van der Waals surface area contributed by atoms with E-state index in [0.29, 0.717) is 17.0 Å². The summed E-state index contributed by atoms with van der Waals surface area (Å²) in [6.45, 7) is 1.42. The number of benzene rings is 1. The van der Waals surface area contributed by atoms with E-state index >= 15 is 0 Å². The van der Waals surface area contributed by atoms with E-state index in [1.165, 1.54) is 18.7 Å². The predicted molar refractivity (Wildman–Crippen MR) is 66.8 cm³/mol. The molecule has 0 bridgehead atoms. The van der Waals surface area contributed by atoms with E-state index in [0.717, 1.165) is 5.56 Å². The van der Waals surface area contributed by atoms with Crippen molar-refractivity contribution in [2.24, 2.45) is 0 Å². The lowest BCUT2D eigenvalue weighted by Crippen LogP contribution is -1.94. The number of anilines is 1. The second-order valence-electron chi connectivity index (χ2n) is 3.15. The maximum Gasteiger partial charge on any atom is 0.186 e. The minimum absolute atomic E-state index is 0.0580. The largest absolute Gasteiger partial charge is 0.398 e. The van der Waals surface area contributed by atoms with E-state index in [1.807, 2.05) is 0 Å². The van der Waals surface area contributed by atoms with Gasteiger partial charge in [-0.25, -0.2) is 0 Å². The summed E-state index contributed by atoms with van der Waals surface area (Å²) in [6, 6.07) is 5.26. The molecule has 0 aliphatic carbocycles. The highest BCUT2D eigenvalue weighted by Gasteiger charge is 1.97. The summed E-state index contributed by atoms with van der Waals surface area (Å²) >= 11 is 1.18. The molecule has 0 aliphatic rings. The van der Waals surface area contributed by atoms with Crippen LogP contribution in [0.1, 0.15) is 18.1 Å². The van der Waals surface area contributed by atoms with Crippen LogP contribution < -0.4 is 5.73 Å². The third kappa shape index (κ3) is 3.97. The average Bonchev–Trinajstić information content (AvgIpc) is 2.26. The summed E-state index contributed by atoms with van der Waals surface area (Å²) in [5.41, 5.74) is 7.66. The third-order valence-electron chi connectivity index (χ3n) is 1.89. The molecule has 0 saturated carbocycles. The lowest BCUT2D eigenvalue weighted by atomic mass is 10.1. The fraction of sp³-hybridized carbons (Fsp3) is 0.250. The Balaban J connectivity index is 2.70. The molecule has 0 amide bonds. The number of carbonyl (C=O) groups excluding carboxylic acids is 1. The molecule has 84 valence electrons. The van der Waals surface area contributed by atoms with Gasteiger partial charge in [-0.1, -0.05) is 23.6 Å². The minimum atomic E-state index is -0.0937. The molecule has 0 spiro atoms. The molecular formula is C12H13NO2S. The predicted octanol–water partition coefficient (Wildman–Crippen LogP) is 1.39. The fourth-order valence-electron chi connectivity index (χ4n) is 1.10. The first-order valence-corrected chi connectivity index (χ1v) is 5.73. The van der Waals surface area contributed by atoms with Crippen LogP contribution in [0.25, 0.3) is 0 Å². The quantitative estimate of drug-likeness (QED) is 0.600. The van der Waals surface area contributed by atoms with Gasteiger partial charge in [0.05, 0.1) is 12.4 Å². The zero-order chi connectivity index (χ0) is 12.0. The Bertz CT molecular complexity index is 446. The lowest BCUT2D eigenvalue weighted by molar-refractivity contribution is -0.109. The first-order chi connectivity index (χ1) is 7.63. The molecule has 0 aromatic heterocycles. The molecule has 1 aromatic rings. The van der Waals surface area contributed by atoms with Crippen molar-refractivity contribution in [3.63, 3.8) is 0 Å². The van der Waals surface area contributed by atoms with Crippen LogP contribution in [0, 0.1) is 11.8 Å². The molecule has 4 heteroatoms. The number of hydrogen-bond donors (Lipinski definition) is 2. The van der Waals surface area contributed by atoms with Crippen molar-refractivity contribution in [2.75, 3.05) is 11.5 Å². The Hall–Kier alpha value is -1.44. The molecule has 0 unspecified atom stereocenters. The van der Waals surface area contributed by atoms with Crippen LogP contribution >= 0.6 is 11.8 Å². The number of nitrogens with two attached hydrogens (primary N) is 1. The molecule has 0 aliphatic heterocycles. The molecular weight excluding hydrogens is 222 g/mol. The molecule has 1 rings (SSSR count). The first-order valence-electron chi connectivity index (χ1n) is 4.75. The number of thioether (sulfide) groups is 1. The SMILES string of the molecule is CC(=O)SCC#Cc1ccc(N)c(CO)c1. The van der Waals surface area contributed by atoms with Gasteiger partial charge in [-0.15, -0.1) is 0 Å². The average molecular weight is 235 g/mol. The summed E-state index contributed by atoms with van der Waals surface area (Å²) in [4.78, 5) is 10.6. The summed E-state index contributed by atoms with van der Waals surface area (Å²) in [5, 5.41) is 9.07. The molecule has 0 heterocycles. The van der Waals surface area contributed by atoms with Gasteiger partial charge in [0.25, 0.3) is 0 Å². The summed E-state index contributed by atoms with van der Waals surface area (Å²) in [5.74, 6) is 6.27. The normalized spacial score (nSPS) is 9.38. The van der Waals surface area contributed by atoms with Crippen LogP contribution in [0.5, 0.6) is 0 Å². The van der Waals surface area contributed by atoms with Crippen molar-refractivity contribution >= 4 is 22.6 Å². The van der Waals surface area contributed by atoms with E-state index in [9.17, 15) is 4.79 Å². The van der Waals surface area contributed by atoms with Crippen LogP contribution in [-0.2, 0) is 11.4 Å². The second-order valence-corrected chi connectivity index (χ2v) is 4.31. The molecule has 3 nitrogen and oxygen atoms in total. The maximum absolute atomic E-state index is 10.6. The van der Waals surface area contributed by atoms with Gasteiger partial charge in [-0.3, -0.25) is 4.79 Å². The molecule has 16 heavy (non-hydrogen) atoms. The van der Waals surface area contributed by atoms with Gasteiger partial charge < -0.3 is 10.8 Å². The molecule has 0 saturated heterocycles. The van der Waals surface area contributed by atoms with E-state index in [-0.39, 0.29) is 11.7 Å². The Labute approximate surface area is 99.0 Å². The van der Waals surface area contributed by atoms with Crippen LogP contribution in [0.4, 0.5) is 5.69 Å². The van der Waals surface area contributed by atoms with Gasteiger partial charge in [-0.05, 0) is 18.2 Å². The van der Waals surface area contributed by atoms with Crippen molar-refractivity contribution in [3.8, 4) is 11.8 Å². The number of aliphatic hydroxyl groups excluding tert-OH is 1. The highest BCUT2D eigenvalue weighted by molar-refractivity contribution is 8.13. The second kappa shape index (κ2) is 6.21. The Morgan fingerprint density at radius 3 is 2.94 bits per heavy atom. The monoisotopic (exact) mass is 235 g/mol. The minimum Gasteiger partial charge on any atom is -0.398 e. The highest BCUT2D eigenvalue weighted by Crippen LogP contribution is 2.13. The van der Waals surface area contributed by atoms with Crippen LogP contribution in [0.2, 0.25) is 0 Å². The van der Waals surface area contributed by atoms with Crippen LogP contribution in [0.3, 0.4) is 0 Å². The molecule has 0 fully saturated rings. The van der Waals surface area contributed by atoms with Crippen LogP contribution in [-0.4, -0.2) is 16.0 Å². The molecule has 3 N–H and O–H groups in total. The van der Waals surface area contributed by atoms with Gasteiger partial charge in [0, 0.05) is 23.7 Å². The lowest BCUT2D eigenvalue weighted by Gasteiger charge is -2.01. The molecule has 1 aromatic carbocycles. The van der Waals surface area contributed by atoms with Crippen molar-refractivity contribution in [3.05, 3.63) is 29.3 Å². The van der Waals surface area contributed by atoms with Crippen LogP contribution in [0.15, 0.2) is 18.2 Å². The topological polar surface area (TPSA) is 63.3 Å². The van der Waals surface area contributed by atoms with Gasteiger partial charge in [-0.2, -0.15) is 0 Å². The van der Waals surface area contributed by atoms with E-state index < -0.39 is 0 Å². The van der Waals surface area contributed by atoms with Gasteiger partial charge in [0.2, 0.25) is 0 Å². The van der Waals surface area contributed by atoms with Gasteiger partial charge in [0.1, 0.15) is 0 Å². The van der Waals surface area contributed by atoms with Crippen molar-refractivity contribution in [2.45, 2.75) is 13.5 Å². The highest BCUT2D eigenvalue weighted by atomic mass is 32.2. The number of aliphatic hydroxyl groups is 1. The number of nitrogen functional groups attached to an aromatic ring is 1. The zero-order valence-electron chi connectivity index (χ0n) is 8.99. The zero-order valence-corrected chi connectivity index (χ0v) is 9.80. The molecule has 0 atom stereocenters. The Morgan fingerprint density at radius 2 is 2.31 bits per heavy atom. The van der Waals surface area contributed by atoms with Crippen molar-refractivity contribution in [1.82, 2.24) is 0 Å². The third-order valence-corrected chi connectivity index (χ3v) is 2.59. The summed E-state index contributed by atoms with van der Waals surface area (Å²) in [6.07, 6.45) is 0. The Kier molecular flexibility index (Phi) is 4.90. The number of rotatable bonds is 2. The van der Waals surface area contributed by atoms with Crippen molar-refractivity contribution in [1.29, 1.82) is 0 Å². The summed E-state index contributed by atoms with van der Waals surface area (Å²) < 4.78 is 0. The van der Waals surface area contributed by atoms with Gasteiger partial charge in [0.15, 0.2) is 5.12 Å². The van der Waals surface area contributed by atoms with E-state index in [2.05, 4.69) is 11.8 Å². The maximum atomic E-state index is 10.6. The van der Waals surface area contributed by atoms with Gasteiger partial charge >= 0.3 is 0 Å². The van der Waals surface area contributed by atoms with E-state index in [4.69, 9.17) is 10.8 Å². The summed E-state index contributed by atoms with van der Waals surface area (Å²) in [7, 11) is 0. The molecule has 0 radical (unpaired) electrons. The standard InChI is InChI=1S/C12H13NO2S/c1-9(15)16-6-2-3-10-4-5-12(13)11(7-10)8-14/h4-5,7,14H,6,8,13H2,1H3.